The third-order valence-electron chi connectivity index (χ3n) is 2.76. The predicted molar refractivity (Wildman–Crippen MR) is 72.5 cm³/mol. The summed E-state index contributed by atoms with van der Waals surface area (Å²) >= 11 is 0. The molecular weight excluding hydrogens is 244 g/mol. The van der Waals surface area contributed by atoms with Crippen molar-refractivity contribution in [2.75, 3.05) is 0 Å². The Balaban J connectivity index is 2.43. The van der Waals surface area contributed by atoms with Gasteiger partial charge in [-0.1, -0.05) is 37.6 Å². The Labute approximate surface area is 112 Å². The summed E-state index contributed by atoms with van der Waals surface area (Å²) in [6.45, 7) is 2.48. The number of carbonyl (C=O) groups is 2. The topological polar surface area (TPSA) is 92.4 Å². The van der Waals surface area contributed by atoms with Crippen molar-refractivity contribution in [3.8, 4) is 0 Å². The molecule has 1 aromatic rings. The summed E-state index contributed by atoms with van der Waals surface area (Å²) in [6.07, 6.45) is 1.78. The maximum Gasteiger partial charge on any atom is 0.305 e. The summed E-state index contributed by atoms with van der Waals surface area (Å²) in [5.74, 6) is -1.52. The average molecular weight is 264 g/mol. The van der Waals surface area contributed by atoms with Gasteiger partial charge in [0, 0.05) is 6.54 Å². The van der Waals surface area contributed by atoms with Gasteiger partial charge in [0.05, 0.1) is 12.5 Å². The van der Waals surface area contributed by atoms with Gasteiger partial charge in [0.2, 0.25) is 5.91 Å². The Morgan fingerprint density at radius 1 is 1.26 bits per heavy atom. The van der Waals surface area contributed by atoms with Gasteiger partial charge in [-0.05, 0) is 17.5 Å². The van der Waals surface area contributed by atoms with Crippen LogP contribution in [-0.2, 0) is 22.6 Å². The minimum absolute atomic E-state index is 0.360. The van der Waals surface area contributed by atoms with E-state index in [0.29, 0.717) is 6.54 Å². The zero-order valence-electron chi connectivity index (χ0n) is 11.1. The number of hydrogen-bond donors (Lipinski definition) is 3. The standard InChI is InChI=1S/C14H20N2O3/c1-2-3-10-4-6-11(7-5-10)9-16-14(19)12(15)8-13(17)18/h4-7,12H,2-3,8-9,15H2,1H3,(H,16,19)(H,17,18). The van der Waals surface area contributed by atoms with Gasteiger partial charge in [0.15, 0.2) is 0 Å². The van der Waals surface area contributed by atoms with Crippen molar-refractivity contribution in [2.45, 2.75) is 38.8 Å². The summed E-state index contributed by atoms with van der Waals surface area (Å²) in [7, 11) is 0. The molecule has 5 nitrogen and oxygen atoms in total. The van der Waals surface area contributed by atoms with Crippen LogP contribution in [0.25, 0.3) is 0 Å². The van der Waals surface area contributed by atoms with Crippen LogP contribution in [0, 0.1) is 0 Å². The fourth-order valence-electron chi connectivity index (χ4n) is 1.71. The largest absolute Gasteiger partial charge is 0.481 e. The average Bonchev–Trinajstić information content (AvgIpc) is 2.37. The van der Waals surface area contributed by atoms with Gasteiger partial charge in [-0.15, -0.1) is 0 Å². The maximum absolute atomic E-state index is 11.5. The van der Waals surface area contributed by atoms with Gasteiger partial charge in [0.25, 0.3) is 0 Å². The molecule has 1 aromatic carbocycles. The molecule has 104 valence electrons. The molecule has 5 heteroatoms. The molecule has 0 aliphatic carbocycles. The molecule has 1 amide bonds. The number of carboxylic acid groups (broad SMARTS) is 1. The zero-order valence-corrected chi connectivity index (χ0v) is 11.1. The van der Waals surface area contributed by atoms with Crippen molar-refractivity contribution in [3.05, 3.63) is 35.4 Å². The highest BCUT2D eigenvalue weighted by Gasteiger charge is 2.16. The van der Waals surface area contributed by atoms with E-state index in [9.17, 15) is 9.59 Å². The van der Waals surface area contributed by atoms with Gasteiger partial charge >= 0.3 is 5.97 Å². The Bertz CT molecular complexity index is 429. The van der Waals surface area contributed by atoms with E-state index in [4.69, 9.17) is 10.8 Å². The van der Waals surface area contributed by atoms with E-state index in [1.54, 1.807) is 0 Å². The van der Waals surface area contributed by atoms with E-state index < -0.39 is 17.9 Å². The minimum atomic E-state index is -1.08. The molecule has 0 saturated carbocycles. The molecular formula is C14H20N2O3. The SMILES string of the molecule is CCCc1ccc(CNC(=O)C(N)CC(=O)O)cc1. The first-order valence-electron chi connectivity index (χ1n) is 6.35. The highest BCUT2D eigenvalue weighted by Crippen LogP contribution is 2.06. The van der Waals surface area contributed by atoms with E-state index in [-0.39, 0.29) is 6.42 Å². The fourth-order valence-corrected chi connectivity index (χ4v) is 1.71. The predicted octanol–water partition coefficient (Wildman–Crippen LogP) is 1.06. The number of aliphatic carboxylic acids is 1. The number of nitrogens with two attached hydrogens (primary N) is 1. The zero-order chi connectivity index (χ0) is 14.3. The van der Waals surface area contributed by atoms with Crippen molar-refractivity contribution in [1.29, 1.82) is 0 Å². The first-order valence-corrected chi connectivity index (χ1v) is 6.35. The van der Waals surface area contributed by atoms with E-state index in [1.807, 2.05) is 24.3 Å². The summed E-state index contributed by atoms with van der Waals surface area (Å²) < 4.78 is 0. The van der Waals surface area contributed by atoms with Gasteiger partial charge in [-0.25, -0.2) is 0 Å². The van der Waals surface area contributed by atoms with Crippen LogP contribution in [0.5, 0.6) is 0 Å². The quantitative estimate of drug-likeness (QED) is 0.686. The maximum atomic E-state index is 11.5. The second kappa shape index (κ2) is 7.53. The van der Waals surface area contributed by atoms with Crippen LogP contribution in [0.15, 0.2) is 24.3 Å². The monoisotopic (exact) mass is 264 g/mol. The Morgan fingerprint density at radius 2 is 1.84 bits per heavy atom. The number of aryl methyl sites for hydroxylation is 1. The molecule has 0 saturated heterocycles. The Morgan fingerprint density at radius 3 is 2.37 bits per heavy atom. The molecule has 1 rings (SSSR count). The molecule has 0 radical (unpaired) electrons. The number of carboxylic acids is 1. The van der Waals surface area contributed by atoms with Gasteiger partial charge < -0.3 is 16.2 Å². The van der Waals surface area contributed by atoms with Crippen LogP contribution in [0.1, 0.15) is 30.9 Å². The van der Waals surface area contributed by atoms with Crippen molar-refractivity contribution in [2.24, 2.45) is 5.73 Å². The number of carbonyl (C=O) groups excluding carboxylic acids is 1. The molecule has 0 aromatic heterocycles. The molecule has 4 N–H and O–H groups in total. The second-order valence-electron chi connectivity index (χ2n) is 4.49. The van der Waals surface area contributed by atoms with Crippen LogP contribution in [0.2, 0.25) is 0 Å². The molecule has 1 atom stereocenters. The molecule has 0 spiro atoms. The van der Waals surface area contributed by atoms with Crippen LogP contribution in [0.4, 0.5) is 0 Å². The Kier molecular flexibility index (Phi) is 6.02. The first kappa shape index (κ1) is 15.2. The lowest BCUT2D eigenvalue weighted by Gasteiger charge is -2.10. The fraction of sp³-hybridized carbons (Fsp3) is 0.429. The highest BCUT2D eigenvalue weighted by atomic mass is 16.4. The lowest BCUT2D eigenvalue weighted by molar-refractivity contribution is -0.139. The van der Waals surface area contributed by atoms with Crippen LogP contribution in [-0.4, -0.2) is 23.0 Å². The van der Waals surface area contributed by atoms with E-state index in [1.165, 1.54) is 5.56 Å². The smallest absolute Gasteiger partial charge is 0.305 e. The Hall–Kier alpha value is -1.88. The second-order valence-corrected chi connectivity index (χ2v) is 4.49. The summed E-state index contributed by atoms with van der Waals surface area (Å²) in [4.78, 5) is 21.9. The third kappa shape index (κ3) is 5.52. The molecule has 1 unspecified atom stereocenters. The van der Waals surface area contributed by atoms with Crippen molar-refractivity contribution < 1.29 is 14.7 Å². The number of nitrogens with one attached hydrogen (secondary N) is 1. The normalized spacial score (nSPS) is 11.9. The molecule has 19 heavy (non-hydrogen) atoms. The number of rotatable bonds is 7. The number of hydrogen-bond acceptors (Lipinski definition) is 3. The van der Waals surface area contributed by atoms with Crippen molar-refractivity contribution >= 4 is 11.9 Å². The van der Waals surface area contributed by atoms with Crippen LogP contribution in [0.3, 0.4) is 0 Å². The van der Waals surface area contributed by atoms with Gasteiger partial charge in [-0.2, -0.15) is 0 Å². The third-order valence-corrected chi connectivity index (χ3v) is 2.76. The molecule has 0 bridgehead atoms. The van der Waals surface area contributed by atoms with Crippen LogP contribution >= 0.6 is 0 Å². The van der Waals surface area contributed by atoms with Crippen molar-refractivity contribution in [1.82, 2.24) is 5.32 Å². The van der Waals surface area contributed by atoms with Crippen LogP contribution < -0.4 is 11.1 Å². The van der Waals surface area contributed by atoms with E-state index >= 15 is 0 Å². The van der Waals surface area contributed by atoms with E-state index in [2.05, 4.69) is 12.2 Å². The highest BCUT2D eigenvalue weighted by molar-refractivity contribution is 5.85. The summed E-state index contributed by atoms with van der Waals surface area (Å²) in [5.41, 5.74) is 7.69. The molecule has 0 aliphatic rings. The van der Waals surface area contributed by atoms with Crippen molar-refractivity contribution in [3.63, 3.8) is 0 Å². The molecule has 0 heterocycles. The minimum Gasteiger partial charge on any atom is -0.481 e. The lowest BCUT2D eigenvalue weighted by Crippen LogP contribution is -2.41. The van der Waals surface area contributed by atoms with Gasteiger partial charge in [0.1, 0.15) is 0 Å². The van der Waals surface area contributed by atoms with E-state index in [0.717, 1.165) is 18.4 Å². The lowest BCUT2D eigenvalue weighted by atomic mass is 10.1. The summed E-state index contributed by atoms with van der Waals surface area (Å²) in [6, 6.07) is 6.96. The number of benzene rings is 1. The van der Waals surface area contributed by atoms with Gasteiger partial charge in [-0.3, -0.25) is 9.59 Å². The molecule has 0 fully saturated rings. The molecule has 0 aliphatic heterocycles. The first-order chi connectivity index (χ1) is 9.02. The summed E-state index contributed by atoms with van der Waals surface area (Å²) in [5, 5.41) is 11.2. The number of amides is 1.